The molecule has 1 fully saturated rings. The van der Waals surface area contributed by atoms with E-state index in [1.165, 1.54) is 37.7 Å². The standard InChI is InChI=1S/C31H32N6O2/c38-29(13-7-10-23-8-3-1-4-9-23)37(28-20-18-26(19-21-28)25-11-5-2-6-12-25)22-24-14-16-27(17-15-24)30(39)32-31-33-35-36-34-31/h1,3-4,7-10,14-21,25H,2,5-6,11-13,22H2,(H2,32,33,34,35,36,39). The molecule has 0 radical (unpaired) electrons. The van der Waals surface area contributed by atoms with Crippen LogP contribution < -0.4 is 10.2 Å². The molecular weight excluding hydrogens is 488 g/mol. The fourth-order valence-corrected chi connectivity index (χ4v) is 4.99. The molecule has 3 aromatic carbocycles. The van der Waals surface area contributed by atoms with Gasteiger partial charge in [-0.25, -0.2) is 0 Å². The predicted octanol–water partition coefficient (Wildman–Crippen LogP) is 6.14. The number of tetrazole rings is 1. The number of aromatic amines is 1. The van der Waals surface area contributed by atoms with Crippen molar-refractivity contribution < 1.29 is 9.59 Å². The zero-order valence-corrected chi connectivity index (χ0v) is 21.8. The quantitative estimate of drug-likeness (QED) is 0.276. The first-order chi connectivity index (χ1) is 19.2. The summed E-state index contributed by atoms with van der Waals surface area (Å²) in [5.41, 5.74) is 4.66. The first kappa shape index (κ1) is 26.0. The van der Waals surface area contributed by atoms with Gasteiger partial charge in [0, 0.05) is 17.7 Å². The van der Waals surface area contributed by atoms with Crippen LogP contribution in [0, 0.1) is 0 Å². The molecule has 4 aromatic rings. The number of anilines is 2. The van der Waals surface area contributed by atoms with Crippen LogP contribution in [0.3, 0.4) is 0 Å². The minimum atomic E-state index is -0.333. The van der Waals surface area contributed by atoms with Crippen LogP contribution in [0.15, 0.2) is 84.9 Å². The third-order valence-corrected chi connectivity index (χ3v) is 7.11. The van der Waals surface area contributed by atoms with Gasteiger partial charge < -0.3 is 4.90 Å². The van der Waals surface area contributed by atoms with Gasteiger partial charge in [0.2, 0.25) is 5.91 Å². The van der Waals surface area contributed by atoms with Gasteiger partial charge in [0.15, 0.2) is 0 Å². The fourth-order valence-electron chi connectivity index (χ4n) is 4.99. The van der Waals surface area contributed by atoms with Gasteiger partial charge in [-0.15, -0.1) is 5.10 Å². The van der Waals surface area contributed by atoms with Crippen molar-refractivity contribution in [1.82, 2.24) is 20.6 Å². The van der Waals surface area contributed by atoms with Crippen molar-refractivity contribution in [3.8, 4) is 0 Å². The van der Waals surface area contributed by atoms with Gasteiger partial charge in [-0.2, -0.15) is 5.21 Å². The van der Waals surface area contributed by atoms with Crippen LogP contribution >= 0.6 is 0 Å². The molecule has 39 heavy (non-hydrogen) atoms. The van der Waals surface area contributed by atoms with Gasteiger partial charge in [0.05, 0.1) is 6.54 Å². The average Bonchev–Trinajstić information content (AvgIpc) is 3.50. The van der Waals surface area contributed by atoms with Crippen LogP contribution in [-0.2, 0) is 11.3 Å². The molecule has 198 valence electrons. The zero-order chi connectivity index (χ0) is 26.9. The molecule has 0 saturated heterocycles. The Balaban J connectivity index is 1.31. The molecule has 2 N–H and O–H groups in total. The average molecular weight is 521 g/mol. The molecule has 0 unspecified atom stereocenters. The molecule has 1 aliphatic rings. The van der Waals surface area contributed by atoms with E-state index in [0.717, 1.165) is 16.8 Å². The van der Waals surface area contributed by atoms with Crippen molar-refractivity contribution in [3.63, 3.8) is 0 Å². The van der Waals surface area contributed by atoms with Crippen LogP contribution in [0.4, 0.5) is 11.6 Å². The lowest BCUT2D eigenvalue weighted by molar-refractivity contribution is -0.117. The van der Waals surface area contributed by atoms with Crippen LogP contribution in [-0.4, -0.2) is 32.4 Å². The maximum Gasteiger partial charge on any atom is 0.270 e. The summed E-state index contributed by atoms with van der Waals surface area (Å²) >= 11 is 0. The van der Waals surface area contributed by atoms with Crippen molar-refractivity contribution in [2.24, 2.45) is 0 Å². The Morgan fingerprint density at radius 3 is 2.36 bits per heavy atom. The molecule has 5 rings (SSSR count). The molecule has 8 heteroatoms. The lowest BCUT2D eigenvalue weighted by atomic mass is 9.84. The van der Waals surface area contributed by atoms with Crippen LogP contribution in [0.1, 0.15) is 71.5 Å². The smallest absolute Gasteiger partial charge is 0.270 e. The summed E-state index contributed by atoms with van der Waals surface area (Å²) < 4.78 is 0. The number of carbonyl (C=O) groups excluding carboxylic acids is 2. The molecule has 0 bridgehead atoms. The van der Waals surface area contributed by atoms with Gasteiger partial charge in [-0.1, -0.05) is 91.1 Å². The Morgan fingerprint density at radius 2 is 1.67 bits per heavy atom. The van der Waals surface area contributed by atoms with E-state index in [2.05, 4.69) is 50.2 Å². The maximum atomic E-state index is 13.5. The molecule has 0 spiro atoms. The number of rotatable bonds is 9. The summed E-state index contributed by atoms with van der Waals surface area (Å²) in [6.45, 7) is 0.396. The number of hydrogen-bond acceptors (Lipinski definition) is 5. The van der Waals surface area contributed by atoms with E-state index in [0.29, 0.717) is 18.0 Å². The van der Waals surface area contributed by atoms with Crippen LogP contribution in [0.5, 0.6) is 0 Å². The third-order valence-electron chi connectivity index (χ3n) is 7.11. The van der Waals surface area contributed by atoms with E-state index >= 15 is 0 Å². The normalized spacial score (nSPS) is 13.8. The largest absolute Gasteiger partial charge is 0.308 e. The molecule has 0 atom stereocenters. The molecule has 8 nitrogen and oxygen atoms in total. The molecule has 1 heterocycles. The monoisotopic (exact) mass is 520 g/mol. The summed E-state index contributed by atoms with van der Waals surface area (Å²) in [6.07, 6.45) is 10.5. The van der Waals surface area contributed by atoms with Crippen LogP contribution in [0.2, 0.25) is 0 Å². The Morgan fingerprint density at radius 1 is 0.923 bits per heavy atom. The summed E-state index contributed by atoms with van der Waals surface area (Å²) in [7, 11) is 0. The number of benzene rings is 3. The molecule has 1 saturated carbocycles. The van der Waals surface area contributed by atoms with Crippen molar-refractivity contribution in [3.05, 3.63) is 107 Å². The first-order valence-corrected chi connectivity index (χ1v) is 13.4. The van der Waals surface area contributed by atoms with E-state index in [1.54, 1.807) is 12.1 Å². The highest BCUT2D eigenvalue weighted by molar-refractivity contribution is 6.03. The number of H-pyrrole nitrogens is 1. The molecular formula is C31H32N6O2. The zero-order valence-electron chi connectivity index (χ0n) is 21.8. The lowest BCUT2D eigenvalue weighted by Crippen LogP contribution is -2.29. The van der Waals surface area contributed by atoms with Crippen LogP contribution in [0.25, 0.3) is 6.08 Å². The van der Waals surface area contributed by atoms with Crippen molar-refractivity contribution in [2.75, 3.05) is 10.2 Å². The summed E-state index contributed by atoms with van der Waals surface area (Å²) in [6, 6.07) is 25.6. The Labute approximate surface area is 228 Å². The maximum absolute atomic E-state index is 13.5. The van der Waals surface area contributed by atoms with E-state index in [9.17, 15) is 9.59 Å². The van der Waals surface area contributed by atoms with E-state index in [1.807, 2.05) is 59.5 Å². The number of nitrogens with zero attached hydrogens (tertiary/aromatic N) is 4. The lowest BCUT2D eigenvalue weighted by Gasteiger charge is -2.25. The van der Waals surface area contributed by atoms with Gasteiger partial charge in [-0.3, -0.25) is 14.9 Å². The molecule has 0 aliphatic heterocycles. The van der Waals surface area contributed by atoms with E-state index < -0.39 is 0 Å². The minimum absolute atomic E-state index is 0.00604. The van der Waals surface area contributed by atoms with Gasteiger partial charge in [0.25, 0.3) is 11.9 Å². The van der Waals surface area contributed by atoms with Crippen molar-refractivity contribution in [1.29, 1.82) is 0 Å². The summed E-state index contributed by atoms with van der Waals surface area (Å²) in [5.74, 6) is 0.393. The number of amides is 2. The highest BCUT2D eigenvalue weighted by Gasteiger charge is 2.19. The molecule has 2 amide bonds. The van der Waals surface area contributed by atoms with Gasteiger partial charge in [0.1, 0.15) is 0 Å². The number of carbonyl (C=O) groups is 2. The third kappa shape index (κ3) is 7.04. The molecule has 1 aliphatic carbocycles. The van der Waals surface area contributed by atoms with Gasteiger partial charge in [-0.05, 0) is 64.9 Å². The predicted molar refractivity (Wildman–Crippen MR) is 152 cm³/mol. The second kappa shape index (κ2) is 12.8. The Hall–Kier alpha value is -4.59. The Kier molecular flexibility index (Phi) is 8.53. The number of aromatic nitrogens is 4. The minimum Gasteiger partial charge on any atom is -0.308 e. The number of hydrogen-bond donors (Lipinski definition) is 2. The number of nitrogens with one attached hydrogen (secondary N) is 2. The topological polar surface area (TPSA) is 104 Å². The Bertz CT molecular complexity index is 1380. The van der Waals surface area contributed by atoms with Gasteiger partial charge >= 0.3 is 0 Å². The molecule has 1 aromatic heterocycles. The van der Waals surface area contributed by atoms with Crippen molar-refractivity contribution >= 4 is 29.5 Å². The highest BCUT2D eigenvalue weighted by Crippen LogP contribution is 2.33. The van der Waals surface area contributed by atoms with E-state index in [4.69, 9.17) is 0 Å². The summed E-state index contributed by atoms with van der Waals surface area (Å²) in [5, 5.41) is 15.8. The first-order valence-electron chi connectivity index (χ1n) is 13.4. The SMILES string of the molecule is O=C(Nc1nn[nH]n1)c1ccc(CN(C(=O)CC=Cc2ccccc2)c2ccc(C3CCCCC3)cc2)cc1. The second-order valence-corrected chi connectivity index (χ2v) is 9.81. The highest BCUT2D eigenvalue weighted by atomic mass is 16.2. The van der Waals surface area contributed by atoms with E-state index in [-0.39, 0.29) is 24.2 Å². The second-order valence-electron chi connectivity index (χ2n) is 9.81. The fraction of sp³-hybridized carbons (Fsp3) is 0.258. The van der Waals surface area contributed by atoms with Crippen molar-refractivity contribution in [2.45, 2.75) is 51.0 Å². The summed E-state index contributed by atoms with van der Waals surface area (Å²) in [4.78, 5) is 27.7.